The van der Waals surface area contributed by atoms with Crippen LogP contribution in [0, 0.1) is 0 Å². The minimum Gasteiger partial charge on any atom is -0.482 e. The number of hydrogen-bond acceptors (Lipinski definition) is 5. The van der Waals surface area contributed by atoms with Gasteiger partial charge in [0.05, 0.1) is 12.7 Å². The molecule has 0 aromatic heterocycles. The van der Waals surface area contributed by atoms with Gasteiger partial charge >= 0.3 is 0 Å². The smallest absolute Gasteiger partial charge is 0.195 e. The summed E-state index contributed by atoms with van der Waals surface area (Å²) >= 11 is 5.42. The first kappa shape index (κ1) is 12.8. The number of nitrogens with two attached hydrogens (primary N) is 2. The van der Waals surface area contributed by atoms with Crippen molar-refractivity contribution in [3.63, 3.8) is 0 Å². The van der Waals surface area contributed by atoms with Crippen molar-refractivity contribution >= 4 is 17.4 Å². The Morgan fingerprint density at radius 1 is 1.43 bits per heavy atom. The first-order valence-electron chi connectivity index (χ1n) is 3.71. The molecule has 0 atom stereocenters. The van der Waals surface area contributed by atoms with Crippen molar-refractivity contribution in [3.8, 4) is 0 Å². The summed E-state index contributed by atoms with van der Waals surface area (Å²) in [6, 6.07) is 0. The van der Waals surface area contributed by atoms with E-state index in [9.17, 15) is 4.79 Å². The quantitative estimate of drug-likeness (QED) is 0.296. The third-order valence-corrected chi connectivity index (χ3v) is 1.45. The zero-order chi connectivity index (χ0) is 11.1. The van der Waals surface area contributed by atoms with Crippen molar-refractivity contribution in [1.82, 2.24) is 0 Å². The van der Waals surface area contributed by atoms with Crippen molar-refractivity contribution in [1.29, 1.82) is 0 Å². The number of hydrogen-bond donors (Lipinski definition) is 2. The predicted molar refractivity (Wildman–Crippen MR) is 53.2 cm³/mol. The van der Waals surface area contributed by atoms with Gasteiger partial charge in [-0.05, 0) is 6.08 Å². The lowest BCUT2D eigenvalue weighted by atomic mass is 10.2. The molecule has 0 aromatic rings. The fourth-order valence-electron chi connectivity index (χ4n) is 0.746. The van der Waals surface area contributed by atoms with Crippen molar-refractivity contribution in [2.24, 2.45) is 11.5 Å². The van der Waals surface area contributed by atoms with Crippen LogP contribution in [-0.2, 0) is 14.3 Å². The fraction of sp³-hybridized carbons (Fsp3) is 0.375. The number of carbonyl (C=O) groups excluding carboxylic acids is 1. The van der Waals surface area contributed by atoms with Crippen LogP contribution in [0.1, 0.15) is 0 Å². The van der Waals surface area contributed by atoms with E-state index < -0.39 is 0 Å². The Morgan fingerprint density at radius 2 is 2.00 bits per heavy atom. The largest absolute Gasteiger partial charge is 0.482 e. The van der Waals surface area contributed by atoms with Crippen molar-refractivity contribution in [3.05, 3.63) is 22.7 Å². The molecular weight excluding hydrogens is 208 g/mol. The van der Waals surface area contributed by atoms with Gasteiger partial charge in [0.1, 0.15) is 11.8 Å². The topological polar surface area (TPSA) is 87.6 Å². The summed E-state index contributed by atoms with van der Waals surface area (Å²) in [6.45, 7) is -0.111. The van der Waals surface area contributed by atoms with Gasteiger partial charge in [0, 0.05) is 7.11 Å². The highest BCUT2D eigenvalue weighted by atomic mass is 35.5. The maximum Gasteiger partial charge on any atom is 0.195 e. The van der Waals surface area contributed by atoms with Crippen LogP contribution in [0.2, 0.25) is 0 Å². The third-order valence-electron chi connectivity index (χ3n) is 1.34. The minimum atomic E-state index is -0.351. The van der Waals surface area contributed by atoms with Crippen LogP contribution in [0.25, 0.3) is 0 Å². The Hall–Kier alpha value is -1.20. The molecule has 0 amide bonds. The molecule has 0 radical (unpaired) electrons. The molecule has 0 fully saturated rings. The molecule has 0 spiro atoms. The van der Waals surface area contributed by atoms with Crippen molar-refractivity contribution < 1.29 is 14.3 Å². The summed E-state index contributed by atoms with van der Waals surface area (Å²) in [7, 11) is 2.74. The van der Waals surface area contributed by atoms with Gasteiger partial charge in [0.25, 0.3) is 0 Å². The molecule has 0 aliphatic heterocycles. The first-order chi connectivity index (χ1) is 6.52. The van der Waals surface area contributed by atoms with E-state index >= 15 is 0 Å². The Morgan fingerprint density at radius 3 is 2.36 bits per heavy atom. The molecule has 0 bridgehead atoms. The summed E-state index contributed by atoms with van der Waals surface area (Å²) in [5, 5.41) is -0.0514. The van der Waals surface area contributed by atoms with Gasteiger partial charge in [-0.15, -0.1) is 0 Å². The van der Waals surface area contributed by atoms with Crippen LogP contribution in [0.3, 0.4) is 0 Å². The lowest BCUT2D eigenvalue weighted by Gasteiger charge is -2.05. The van der Waals surface area contributed by atoms with Gasteiger partial charge in [0.15, 0.2) is 11.7 Å². The number of halogens is 1. The highest BCUT2D eigenvalue weighted by Crippen LogP contribution is 2.07. The Bertz CT molecular complexity index is 270. The van der Waals surface area contributed by atoms with Crippen LogP contribution >= 0.6 is 11.6 Å². The van der Waals surface area contributed by atoms with E-state index in [2.05, 4.69) is 4.74 Å². The summed E-state index contributed by atoms with van der Waals surface area (Å²) in [6.07, 6.45) is 1.22. The number of methoxy groups -OCH3 is 2. The number of Topliss-reactive ketones (excluding diaryl/α,β-unsaturated/α-hetero) is 1. The van der Waals surface area contributed by atoms with Crippen LogP contribution in [-0.4, -0.2) is 26.6 Å². The second kappa shape index (κ2) is 6.28. The highest BCUT2D eigenvalue weighted by Gasteiger charge is 2.12. The molecule has 80 valence electrons. The molecule has 5 nitrogen and oxygen atoms in total. The number of carbonyl (C=O) groups is 1. The standard InChI is InChI=1S/C8H13ClN2O3/c1-13-4-6(12)5(3-7(9)10)8(11)14-2/h3H,4,10-11H2,1-2H3/b7-3-,8-5-. The number of ether oxygens (including phenoxy) is 2. The van der Waals surface area contributed by atoms with E-state index in [1.165, 1.54) is 20.3 Å². The first-order valence-corrected chi connectivity index (χ1v) is 4.09. The van der Waals surface area contributed by atoms with Gasteiger partial charge in [0.2, 0.25) is 0 Å². The Labute approximate surface area is 87.3 Å². The van der Waals surface area contributed by atoms with Gasteiger partial charge in [-0.3, -0.25) is 4.79 Å². The van der Waals surface area contributed by atoms with E-state index in [1.54, 1.807) is 0 Å². The third kappa shape index (κ3) is 4.15. The Balaban J connectivity index is 4.93. The Kier molecular flexibility index (Phi) is 5.74. The maximum atomic E-state index is 11.4. The van der Waals surface area contributed by atoms with E-state index in [1.807, 2.05) is 0 Å². The molecule has 4 N–H and O–H groups in total. The van der Waals surface area contributed by atoms with Gasteiger partial charge in [-0.25, -0.2) is 0 Å². The van der Waals surface area contributed by atoms with Crippen LogP contribution in [0.4, 0.5) is 0 Å². The SMILES string of the molecule is COCC(=O)C(/C=C(\N)Cl)=C(/N)OC. The molecule has 0 aliphatic carbocycles. The fourth-order valence-corrected chi connectivity index (χ4v) is 0.855. The van der Waals surface area contributed by atoms with E-state index in [0.717, 1.165) is 0 Å². The van der Waals surface area contributed by atoms with Crippen molar-refractivity contribution in [2.75, 3.05) is 20.8 Å². The summed E-state index contributed by atoms with van der Waals surface area (Å²) in [4.78, 5) is 11.4. The summed E-state index contributed by atoms with van der Waals surface area (Å²) in [5.41, 5.74) is 10.7. The summed E-state index contributed by atoms with van der Waals surface area (Å²) < 4.78 is 9.36. The zero-order valence-electron chi connectivity index (χ0n) is 8.04. The molecule has 0 heterocycles. The average molecular weight is 221 g/mol. The molecule has 0 rings (SSSR count). The van der Waals surface area contributed by atoms with Gasteiger partial charge < -0.3 is 20.9 Å². The molecule has 0 unspecified atom stereocenters. The lowest BCUT2D eigenvalue weighted by Crippen LogP contribution is -2.16. The normalized spacial score (nSPS) is 13.5. The predicted octanol–water partition coefficient (Wildman–Crippen LogP) is 0.0575. The molecule has 0 aromatic carbocycles. The zero-order valence-corrected chi connectivity index (χ0v) is 8.80. The van der Waals surface area contributed by atoms with Gasteiger partial charge in [-0.2, -0.15) is 0 Å². The minimum absolute atomic E-state index is 0.0457. The maximum absolute atomic E-state index is 11.4. The second-order valence-corrected chi connectivity index (χ2v) is 2.80. The van der Waals surface area contributed by atoms with Crippen LogP contribution < -0.4 is 11.5 Å². The molecular formula is C8H13ClN2O3. The second-order valence-electron chi connectivity index (χ2n) is 2.37. The molecule has 0 saturated carbocycles. The van der Waals surface area contributed by atoms with Gasteiger partial charge in [-0.1, -0.05) is 11.6 Å². The molecule has 6 heteroatoms. The van der Waals surface area contributed by atoms with E-state index in [4.69, 9.17) is 27.8 Å². The molecule has 0 saturated heterocycles. The summed E-state index contributed by atoms with van der Waals surface area (Å²) in [5.74, 6) is -0.397. The average Bonchev–Trinajstić information content (AvgIpc) is 2.13. The highest BCUT2D eigenvalue weighted by molar-refractivity contribution is 6.29. The van der Waals surface area contributed by atoms with E-state index in [0.29, 0.717) is 0 Å². The van der Waals surface area contributed by atoms with Crippen LogP contribution in [0.15, 0.2) is 22.7 Å². The number of allylic oxidation sites excluding steroid dienone is 1. The molecule has 0 aliphatic rings. The monoisotopic (exact) mass is 220 g/mol. The number of rotatable bonds is 5. The number of ketones is 1. The van der Waals surface area contributed by atoms with E-state index in [-0.39, 0.29) is 29.0 Å². The van der Waals surface area contributed by atoms with Crippen molar-refractivity contribution in [2.45, 2.75) is 0 Å². The van der Waals surface area contributed by atoms with Crippen LogP contribution in [0.5, 0.6) is 0 Å². The molecule has 14 heavy (non-hydrogen) atoms. The lowest BCUT2D eigenvalue weighted by molar-refractivity contribution is -0.118.